The Hall–Kier alpha value is -2.28. The summed E-state index contributed by atoms with van der Waals surface area (Å²) in [5, 5.41) is 11.3. The first-order valence-corrected chi connectivity index (χ1v) is 12.9. The number of hydrogen-bond donors (Lipinski definition) is 1. The summed E-state index contributed by atoms with van der Waals surface area (Å²) in [6.07, 6.45) is 10.1. The number of rotatable bonds is 11. The van der Waals surface area contributed by atoms with Crippen LogP contribution < -0.4 is 4.74 Å². The second-order valence-electron chi connectivity index (χ2n) is 9.73. The van der Waals surface area contributed by atoms with Crippen LogP contribution in [0.4, 0.5) is 4.39 Å². The second kappa shape index (κ2) is 12.1. The van der Waals surface area contributed by atoms with Gasteiger partial charge in [0.2, 0.25) is 0 Å². The smallest absolute Gasteiger partial charge is 0.127 e. The molecule has 1 fully saturated rings. The Balaban J connectivity index is 1.30. The molecular weight excluding hydrogens is 465 g/mol. The zero-order valence-corrected chi connectivity index (χ0v) is 21.2. The van der Waals surface area contributed by atoms with Gasteiger partial charge >= 0.3 is 0 Å². The van der Waals surface area contributed by atoms with E-state index in [2.05, 4.69) is 20.9 Å². The monoisotopic (exact) mass is 499 g/mol. The maximum Gasteiger partial charge on any atom is 0.127 e. The molecule has 0 radical (unpaired) electrons. The Kier molecular flexibility index (Phi) is 8.93. The quantitative estimate of drug-likeness (QED) is 0.319. The number of aliphatic hydroxyl groups excluding tert-OH is 1. The van der Waals surface area contributed by atoms with Crippen molar-refractivity contribution in [2.45, 2.75) is 51.1 Å². The molecular formula is C28H35ClFN3O2. The van der Waals surface area contributed by atoms with Crippen LogP contribution in [0.3, 0.4) is 0 Å². The third kappa shape index (κ3) is 6.49. The average molecular weight is 500 g/mol. The minimum Gasteiger partial charge on any atom is -0.497 e. The molecule has 3 heterocycles. The van der Waals surface area contributed by atoms with Crippen molar-refractivity contribution in [1.29, 1.82) is 0 Å². The first-order valence-electron chi connectivity index (χ1n) is 12.5. The van der Waals surface area contributed by atoms with Crippen molar-refractivity contribution in [3.05, 3.63) is 65.1 Å². The first kappa shape index (κ1) is 25.8. The van der Waals surface area contributed by atoms with E-state index in [1.807, 2.05) is 24.4 Å². The van der Waals surface area contributed by atoms with Crippen molar-refractivity contribution in [2.75, 3.05) is 33.4 Å². The predicted molar refractivity (Wildman–Crippen MR) is 139 cm³/mol. The second-order valence-corrected chi connectivity index (χ2v) is 10.1. The van der Waals surface area contributed by atoms with Crippen molar-refractivity contribution in [3.8, 4) is 5.75 Å². The van der Waals surface area contributed by atoms with E-state index in [9.17, 15) is 5.11 Å². The molecule has 1 aromatic carbocycles. The number of nitrogens with zero attached hydrogens (tertiary/aromatic N) is 3. The molecule has 35 heavy (non-hydrogen) atoms. The summed E-state index contributed by atoms with van der Waals surface area (Å²) in [4.78, 5) is 11.0. The number of unbranched alkanes of at least 4 members (excludes halogenated alkanes) is 1. The first-order chi connectivity index (χ1) is 17.0. The van der Waals surface area contributed by atoms with Crippen molar-refractivity contribution in [2.24, 2.45) is 5.41 Å². The molecule has 5 nitrogen and oxygen atoms in total. The van der Waals surface area contributed by atoms with Gasteiger partial charge in [-0.3, -0.25) is 9.97 Å². The number of ether oxygens (including phenoxy) is 1. The fourth-order valence-corrected chi connectivity index (χ4v) is 5.41. The Morgan fingerprint density at radius 1 is 1.20 bits per heavy atom. The number of alkyl halides is 1. The minimum atomic E-state index is -1.23. The molecule has 1 unspecified atom stereocenters. The molecule has 4 rings (SSSR count). The summed E-state index contributed by atoms with van der Waals surface area (Å²) in [5.74, 6) is 0.648. The molecule has 1 aliphatic rings. The van der Waals surface area contributed by atoms with Crippen molar-refractivity contribution in [3.63, 3.8) is 0 Å². The van der Waals surface area contributed by atoms with Crippen LogP contribution in [-0.2, 0) is 6.42 Å². The van der Waals surface area contributed by atoms with E-state index in [-0.39, 0.29) is 12.0 Å². The van der Waals surface area contributed by atoms with Gasteiger partial charge in [-0.05, 0) is 99.8 Å². The number of benzene rings is 1. The van der Waals surface area contributed by atoms with Gasteiger partial charge in [0.05, 0.1) is 17.6 Å². The summed E-state index contributed by atoms with van der Waals surface area (Å²) in [5.41, 5.74) is 2.21. The Labute approximate surface area is 212 Å². The number of hydrogen-bond acceptors (Lipinski definition) is 5. The molecule has 1 aliphatic heterocycles. The fraction of sp³-hybridized carbons (Fsp3) is 0.500. The standard InChI is InChI=1S/C28H35ClFN3O2/c1-35-22-7-8-26-23(17-22)27(24(29)19-32-26)25(30)9-10-28(20-34)11-15-33(16-12-28)14-3-2-5-21-6-4-13-31-18-21/h4,6-8,13,17-19,25,34H,2-3,5,9-12,14-16,20H2,1H3. The van der Waals surface area contributed by atoms with Gasteiger partial charge in [0.1, 0.15) is 11.9 Å². The maximum atomic E-state index is 15.6. The molecule has 0 saturated carbocycles. The third-order valence-electron chi connectivity index (χ3n) is 7.47. The lowest BCUT2D eigenvalue weighted by molar-refractivity contribution is 0.0298. The largest absolute Gasteiger partial charge is 0.497 e. The topological polar surface area (TPSA) is 58.5 Å². The number of methoxy groups -OCH3 is 1. The van der Waals surface area contributed by atoms with Gasteiger partial charge in [0, 0.05) is 36.1 Å². The summed E-state index contributed by atoms with van der Waals surface area (Å²) in [6.45, 7) is 3.04. The number of aryl methyl sites for hydroxylation is 1. The zero-order valence-electron chi connectivity index (χ0n) is 20.4. The molecule has 3 aromatic rings. The maximum absolute atomic E-state index is 15.6. The van der Waals surface area contributed by atoms with E-state index >= 15 is 4.39 Å². The number of aliphatic hydroxyl groups is 1. The van der Waals surface area contributed by atoms with Crippen LogP contribution in [0.25, 0.3) is 10.9 Å². The number of fused-ring (bicyclic) bond motifs is 1. The van der Waals surface area contributed by atoms with Gasteiger partial charge in [-0.25, -0.2) is 4.39 Å². The van der Waals surface area contributed by atoms with Crippen LogP contribution in [0.15, 0.2) is 48.9 Å². The van der Waals surface area contributed by atoms with E-state index in [0.29, 0.717) is 40.1 Å². The van der Waals surface area contributed by atoms with Crippen LogP contribution in [0.5, 0.6) is 5.75 Å². The number of pyridine rings is 2. The number of piperidine rings is 1. The Bertz CT molecular complexity index is 1090. The SMILES string of the molecule is COc1ccc2ncc(Cl)c(C(F)CCC3(CO)CCN(CCCCc4cccnc4)CC3)c2c1. The molecule has 7 heteroatoms. The lowest BCUT2D eigenvalue weighted by Gasteiger charge is -2.41. The average Bonchev–Trinajstić information content (AvgIpc) is 2.90. The van der Waals surface area contributed by atoms with E-state index in [1.54, 1.807) is 19.4 Å². The van der Waals surface area contributed by atoms with Crippen LogP contribution in [0, 0.1) is 5.41 Å². The lowest BCUT2D eigenvalue weighted by atomic mass is 9.74. The molecule has 1 N–H and O–H groups in total. The Morgan fingerprint density at radius 3 is 2.74 bits per heavy atom. The number of likely N-dealkylation sites (tertiary alicyclic amines) is 1. The van der Waals surface area contributed by atoms with Crippen LogP contribution in [0.1, 0.15) is 55.8 Å². The van der Waals surface area contributed by atoms with Crippen molar-refractivity contribution in [1.82, 2.24) is 14.9 Å². The third-order valence-corrected chi connectivity index (χ3v) is 7.78. The van der Waals surface area contributed by atoms with Gasteiger partial charge in [-0.15, -0.1) is 0 Å². The van der Waals surface area contributed by atoms with E-state index < -0.39 is 6.17 Å². The highest BCUT2D eigenvalue weighted by atomic mass is 35.5. The Morgan fingerprint density at radius 2 is 2.03 bits per heavy atom. The summed E-state index contributed by atoms with van der Waals surface area (Å²) in [7, 11) is 1.59. The van der Waals surface area contributed by atoms with Gasteiger partial charge in [0.15, 0.2) is 0 Å². The normalized spacial score (nSPS) is 16.9. The summed E-state index contributed by atoms with van der Waals surface area (Å²) < 4.78 is 20.9. The van der Waals surface area contributed by atoms with E-state index in [0.717, 1.165) is 51.7 Å². The molecule has 0 aliphatic carbocycles. The van der Waals surface area contributed by atoms with Crippen molar-refractivity contribution < 1.29 is 14.2 Å². The van der Waals surface area contributed by atoms with Crippen LogP contribution >= 0.6 is 11.6 Å². The van der Waals surface area contributed by atoms with Gasteiger partial charge < -0.3 is 14.7 Å². The molecule has 2 aromatic heterocycles. The summed E-state index contributed by atoms with van der Waals surface area (Å²) >= 11 is 6.40. The lowest BCUT2D eigenvalue weighted by Crippen LogP contribution is -2.42. The fourth-order valence-electron chi connectivity index (χ4n) is 5.14. The van der Waals surface area contributed by atoms with Crippen LogP contribution in [0.2, 0.25) is 5.02 Å². The van der Waals surface area contributed by atoms with E-state index in [4.69, 9.17) is 16.3 Å². The summed E-state index contributed by atoms with van der Waals surface area (Å²) in [6, 6.07) is 9.54. The van der Waals surface area contributed by atoms with Crippen LogP contribution in [-0.4, -0.2) is 53.3 Å². The highest BCUT2D eigenvalue weighted by molar-refractivity contribution is 6.32. The van der Waals surface area contributed by atoms with Gasteiger partial charge in [0.25, 0.3) is 0 Å². The number of halogens is 2. The minimum absolute atomic E-state index is 0.0905. The van der Waals surface area contributed by atoms with Gasteiger partial charge in [-0.1, -0.05) is 17.7 Å². The van der Waals surface area contributed by atoms with Gasteiger partial charge in [-0.2, -0.15) is 0 Å². The molecule has 0 bridgehead atoms. The predicted octanol–water partition coefficient (Wildman–Crippen LogP) is 6.18. The van der Waals surface area contributed by atoms with Crippen molar-refractivity contribution >= 4 is 22.5 Å². The molecule has 188 valence electrons. The molecule has 0 amide bonds. The highest BCUT2D eigenvalue weighted by Crippen LogP contribution is 2.41. The highest BCUT2D eigenvalue weighted by Gasteiger charge is 2.35. The molecule has 1 atom stereocenters. The molecule has 0 spiro atoms. The van der Waals surface area contributed by atoms with E-state index in [1.165, 1.54) is 11.8 Å². The number of aromatic nitrogens is 2. The molecule has 1 saturated heterocycles. The zero-order chi connectivity index (χ0) is 24.7.